The molecule has 1 aromatic carbocycles. The van der Waals surface area contributed by atoms with E-state index in [2.05, 4.69) is 5.32 Å². The van der Waals surface area contributed by atoms with Crippen molar-refractivity contribution in [3.05, 3.63) is 29.8 Å². The molecule has 0 aliphatic carbocycles. The minimum atomic E-state index is -3.32. The number of ketones is 1. The maximum Gasteiger partial charge on any atom is 0.225 e. The molecular formula is C17H26N2O4S. The van der Waals surface area contributed by atoms with Crippen molar-refractivity contribution in [2.45, 2.75) is 39.5 Å². The van der Waals surface area contributed by atoms with Crippen LogP contribution in [0.2, 0.25) is 0 Å². The van der Waals surface area contributed by atoms with Crippen molar-refractivity contribution >= 4 is 27.4 Å². The second kappa shape index (κ2) is 9.54. The molecule has 134 valence electrons. The zero-order chi connectivity index (χ0) is 18.2. The van der Waals surface area contributed by atoms with Crippen LogP contribution in [0.5, 0.6) is 0 Å². The van der Waals surface area contributed by atoms with E-state index in [1.807, 2.05) is 6.92 Å². The summed E-state index contributed by atoms with van der Waals surface area (Å²) in [5.41, 5.74) is 1.05. The highest BCUT2D eigenvalue weighted by molar-refractivity contribution is 7.88. The molecule has 0 unspecified atom stereocenters. The van der Waals surface area contributed by atoms with Crippen LogP contribution in [-0.2, 0) is 14.8 Å². The van der Waals surface area contributed by atoms with Gasteiger partial charge in [-0.05, 0) is 25.5 Å². The maximum absolute atomic E-state index is 12.0. The number of unbranched alkanes of at least 4 members (excludes halogenated alkanes) is 2. The Morgan fingerprint density at radius 3 is 2.46 bits per heavy atom. The predicted molar refractivity (Wildman–Crippen MR) is 95.6 cm³/mol. The lowest BCUT2D eigenvalue weighted by molar-refractivity contribution is -0.116. The number of carbonyl (C=O) groups is 2. The molecule has 0 bridgehead atoms. The average molecular weight is 354 g/mol. The third kappa shape index (κ3) is 7.23. The molecule has 0 saturated heterocycles. The topological polar surface area (TPSA) is 83.6 Å². The SMILES string of the molecule is CCCCCN(CCC(=O)Nc1cccc(C(C)=O)c1)S(C)(=O)=O. The summed E-state index contributed by atoms with van der Waals surface area (Å²) in [6, 6.07) is 6.67. The monoisotopic (exact) mass is 354 g/mol. The third-order valence-electron chi connectivity index (χ3n) is 3.62. The van der Waals surface area contributed by atoms with E-state index in [-0.39, 0.29) is 24.7 Å². The summed E-state index contributed by atoms with van der Waals surface area (Å²) in [6.07, 6.45) is 3.98. The number of hydrogen-bond acceptors (Lipinski definition) is 4. The average Bonchev–Trinajstić information content (AvgIpc) is 2.49. The van der Waals surface area contributed by atoms with Gasteiger partial charge in [-0.3, -0.25) is 9.59 Å². The van der Waals surface area contributed by atoms with Crippen LogP contribution in [0.25, 0.3) is 0 Å². The standard InChI is InChI=1S/C17H26N2O4S/c1-4-5-6-11-19(24(3,22)23)12-10-17(21)18-16-9-7-8-15(13-16)14(2)20/h7-9,13H,4-6,10-12H2,1-3H3,(H,18,21). The van der Waals surface area contributed by atoms with Gasteiger partial charge in [-0.25, -0.2) is 12.7 Å². The van der Waals surface area contributed by atoms with E-state index in [1.165, 1.54) is 11.2 Å². The number of rotatable bonds is 10. The maximum atomic E-state index is 12.0. The number of anilines is 1. The van der Waals surface area contributed by atoms with Gasteiger partial charge in [0, 0.05) is 30.8 Å². The van der Waals surface area contributed by atoms with Crippen molar-refractivity contribution in [2.24, 2.45) is 0 Å². The van der Waals surface area contributed by atoms with Crippen LogP contribution in [0, 0.1) is 0 Å². The molecular weight excluding hydrogens is 328 g/mol. The highest BCUT2D eigenvalue weighted by atomic mass is 32.2. The molecule has 0 heterocycles. The lowest BCUT2D eigenvalue weighted by Crippen LogP contribution is -2.33. The van der Waals surface area contributed by atoms with Crippen LogP contribution < -0.4 is 5.32 Å². The van der Waals surface area contributed by atoms with Gasteiger partial charge in [0.15, 0.2) is 5.78 Å². The quantitative estimate of drug-likeness (QED) is 0.517. The zero-order valence-corrected chi connectivity index (χ0v) is 15.4. The Hall–Kier alpha value is -1.73. The first-order valence-corrected chi connectivity index (χ1v) is 9.95. The van der Waals surface area contributed by atoms with Gasteiger partial charge in [0.25, 0.3) is 0 Å². The third-order valence-corrected chi connectivity index (χ3v) is 4.92. The van der Waals surface area contributed by atoms with E-state index in [9.17, 15) is 18.0 Å². The number of sulfonamides is 1. The Bertz CT molecular complexity index is 671. The lowest BCUT2D eigenvalue weighted by atomic mass is 10.1. The first-order chi connectivity index (χ1) is 11.2. The highest BCUT2D eigenvalue weighted by Gasteiger charge is 2.17. The molecule has 0 atom stereocenters. The number of amides is 1. The van der Waals surface area contributed by atoms with Gasteiger partial charge in [-0.2, -0.15) is 0 Å². The van der Waals surface area contributed by atoms with Gasteiger partial charge in [0.1, 0.15) is 0 Å². The van der Waals surface area contributed by atoms with E-state index < -0.39 is 10.0 Å². The minimum absolute atomic E-state index is 0.0729. The number of benzene rings is 1. The molecule has 7 heteroatoms. The Balaban J connectivity index is 2.59. The van der Waals surface area contributed by atoms with Gasteiger partial charge in [-0.1, -0.05) is 31.9 Å². The first kappa shape index (κ1) is 20.3. The zero-order valence-electron chi connectivity index (χ0n) is 14.5. The summed E-state index contributed by atoms with van der Waals surface area (Å²) in [4.78, 5) is 23.4. The molecule has 6 nitrogen and oxygen atoms in total. The lowest BCUT2D eigenvalue weighted by Gasteiger charge is -2.19. The smallest absolute Gasteiger partial charge is 0.225 e. The molecule has 1 amide bonds. The van der Waals surface area contributed by atoms with E-state index in [0.29, 0.717) is 17.8 Å². The van der Waals surface area contributed by atoms with Crippen molar-refractivity contribution < 1.29 is 18.0 Å². The van der Waals surface area contributed by atoms with E-state index in [4.69, 9.17) is 0 Å². The van der Waals surface area contributed by atoms with Crippen LogP contribution in [-0.4, -0.2) is 43.8 Å². The molecule has 0 spiro atoms. The van der Waals surface area contributed by atoms with Crippen LogP contribution in [0.4, 0.5) is 5.69 Å². The van der Waals surface area contributed by atoms with Gasteiger partial charge in [0.2, 0.25) is 15.9 Å². The Morgan fingerprint density at radius 1 is 1.17 bits per heavy atom. The molecule has 0 aliphatic heterocycles. The molecule has 1 N–H and O–H groups in total. The molecule has 0 fully saturated rings. The van der Waals surface area contributed by atoms with Crippen LogP contribution in [0.1, 0.15) is 49.9 Å². The molecule has 0 aromatic heterocycles. The largest absolute Gasteiger partial charge is 0.326 e. The van der Waals surface area contributed by atoms with Crippen molar-refractivity contribution in [3.8, 4) is 0 Å². The molecule has 1 rings (SSSR count). The normalized spacial score (nSPS) is 11.5. The highest BCUT2D eigenvalue weighted by Crippen LogP contribution is 2.12. The molecule has 0 radical (unpaired) electrons. The second-order valence-electron chi connectivity index (χ2n) is 5.80. The van der Waals surface area contributed by atoms with Crippen molar-refractivity contribution in [1.29, 1.82) is 0 Å². The van der Waals surface area contributed by atoms with Crippen molar-refractivity contribution in [1.82, 2.24) is 4.31 Å². The number of nitrogens with one attached hydrogen (secondary N) is 1. The van der Waals surface area contributed by atoms with Crippen molar-refractivity contribution in [2.75, 3.05) is 24.7 Å². The van der Waals surface area contributed by atoms with Crippen LogP contribution in [0.15, 0.2) is 24.3 Å². The second-order valence-corrected chi connectivity index (χ2v) is 7.79. The Kier molecular flexibility index (Phi) is 8.07. The van der Waals surface area contributed by atoms with E-state index in [0.717, 1.165) is 25.5 Å². The van der Waals surface area contributed by atoms with Gasteiger partial charge in [-0.15, -0.1) is 0 Å². The number of carbonyl (C=O) groups excluding carboxylic acids is 2. The molecule has 1 aromatic rings. The first-order valence-electron chi connectivity index (χ1n) is 8.10. The molecule has 0 saturated carbocycles. The van der Waals surface area contributed by atoms with Crippen molar-refractivity contribution in [3.63, 3.8) is 0 Å². The molecule has 0 aliphatic rings. The Labute approximate surface area is 144 Å². The summed E-state index contributed by atoms with van der Waals surface area (Å²) >= 11 is 0. The fraction of sp³-hybridized carbons (Fsp3) is 0.529. The minimum Gasteiger partial charge on any atom is -0.326 e. The van der Waals surface area contributed by atoms with Gasteiger partial charge < -0.3 is 5.32 Å². The number of hydrogen-bond donors (Lipinski definition) is 1. The Morgan fingerprint density at radius 2 is 1.88 bits per heavy atom. The fourth-order valence-corrected chi connectivity index (χ4v) is 3.13. The summed E-state index contributed by atoms with van der Waals surface area (Å²) in [5, 5.41) is 2.70. The van der Waals surface area contributed by atoms with E-state index in [1.54, 1.807) is 24.3 Å². The van der Waals surface area contributed by atoms with Gasteiger partial charge in [0.05, 0.1) is 6.26 Å². The summed E-state index contributed by atoms with van der Waals surface area (Å²) in [6.45, 7) is 4.09. The summed E-state index contributed by atoms with van der Waals surface area (Å²) in [7, 11) is -3.32. The van der Waals surface area contributed by atoms with Crippen LogP contribution in [0.3, 0.4) is 0 Å². The summed E-state index contributed by atoms with van der Waals surface area (Å²) in [5.74, 6) is -0.356. The number of nitrogens with zero attached hydrogens (tertiary/aromatic N) is 1. The fourth-order valence-electron chi connectivity index (χ4n) is 2.25. The number of Topliss-reactive ketones (excluding diaryl/α,β-unsaturated/α-hetero) is 1. The molecule has 24 heavy (non-hydrogen) atoms. The van der Waals surface area contributed by atoms with Gasteiger partial charge >= 0.3 is 0 Å². The van der Waals surface area contributed by atoms with Crippen LogP contribution >= 0.6 is 0 Å². The summed E-state index contributed by atoms with van der Waals surface area (Å²) < 4.78 is 24.9. The predicted octanol–water partition coefficient (Wildman–Crippen LogP) is 2.67. The van der Waals surface area contributed by atoms with E-state index >= 15 is 0 Å².